The molecule has 1 aromatic rings. The van der Waals surface area contributed by atoms with Gasteiger partial charge in [0.1, 0.15) is 12.2 Å². The molecule has 0 bridgehead atoms. The molecule has 2 N–H and O–H groups in total. The summed E-state index contributed by atoms with van der Waals surface area (Å²) in [5, 5.41) is 12.1. The van der Waals surface area contributed by atoms with E-state index in [1.54, 1.807) is 25.1 Å². The van der Waals surface area contributed by atoms with E-state index >= 15 is 0 Å². The first-order valence-electron chi connectivity index (χ1n) is 6.40. The average molecular weight is 294 g/mol. The summed E-state index contributed by atoms with van der Waals surface area (Å²) in [6.45, 7) is 2.13. The van der Waals surface area contributed by atoms with E-state index < -0.39 is 5.60 Å². The van der Waals surface area contributed by atoms with Crippen molar-refractivity contribution in [1.82, 2.24) is 0 Å². The summed E-state index contributed by atoms with van der Waals surface area (Å²) in [4.78, 5) is 12.3. The number of nitrogens with one attached hydrogen (secondary N) is 1. The molecular formula is C15H16ClNO3. The minimum Gasteiger partial charge on any atom is -0.384 e. The Balaban J connectivity index is 2.23. The Morgan fingerprint density at radius 1 is 1.60 bits per heavy atom. The number of ether oxygens (including phenoxy) is 1. The number of hydrogen-bond acceptors (Lipinski definition) is 3. The molecule has 5 heteroatoms. The van der Waals surface area contributed by atoms with Crippen molar-refractivity contribution >= 4 is 23.2 Å². The van der Waals surface area contributed by atoms with Crippen molar-refractivity contribution < 1.29 is 14.6 Å². The second-order valence-electron chi connectivity index (χ2n) is 4.79. The molecule has 1 aliphatic rings. The first-order valence-corrected chi connectivity index (χ1v) is 6.78. The Morgan fingerprint density at radius 3 is 3.05 bits per heavy atom. The zero-order valence-corrected chi connectivity index (χ0v) is 12.0. The zero-order chi connectivity index (χ0) is 14.6. The van der Waals surface area contributed by atoms with Crippen molar-refractivity contribution in [3.63, 3.8) is 0 Å². The number of rotatable bonds is 2. The van der Waals surface area contributed by atoms with Gasteiger partial charge < -0.3 is 15.2 Å². The fourth-order valence-electron chi connectivity index (χ4n) is 2.08. The van der Waals surface area contributed by atoms with Crippen LogP contribution in [-0.4, -0.2) is 29.8 Å². The van der Waals surface area contributed by atoms with Gasteiger partial charge in [-0.25, -0.2) is 0 Å². The van der Waals surface area contributed by atoms with Crippen molar-refractivity contribution in [1.29, 1.82) is 0 Å². The van der Waals surface area contributed by atoms with Gasteiger partial charge in [0.05, 0.1) is 5.69 Å². The predicted octanol–water partition coefficient (Wildman–Crippen LogP) is 2.19. The van der Waals surface area contributed by atoms with Gasteiger partial charge in [-0.05, 0) is 38.0 Å². The average Bonchev–Trinajstić information content (AvgIpc) is 2.86. The SMILES string of the molecule is CC1(C(=O)Nc2cc(Cl)ccc2C#CCO)CCCO1. The van der Waals surface area contributed by atoms with Gasteiger partial charge in [0.2, 0.25) is 0 Å². The Hall–Kier alpha value is -1.54. The number of hydrogen-bond donors (Lipinski definition) is 2. The second kappa shape index (κ2) is 6.27. The number of aliphatic hydroxyl groups is 1. The van der Waals surface area contributed by atoms with E-state index in [1.807, 2.05) is 0 Å². The third-order valence-corrected chi connectivity index (χ3v) is 3.47. The Labute approximate surface area is 123 Å². The molecule has 1 aromatic carbocycles. The van der Waals surface area contributed by atoms with Crippen LogP contribution in [-0.2, 0) is 9.53 Å². The zero-order valence-electron chi connectivity index (χ0n) is 11.2. The fraction of sp³-hybridized carbons (Fsp3) is 0.400. The Morgan fingerprint density at radius 2 is 2.40 bits per heavy atom. The Kier molecular flexibility index (Phi) is 4.66. The first kappa shape index (κ1) is 14.9. The number of amides is 1. The minimum atomic E-state index is -0.802. The summed E-state index contributed by atoms with van der Waals surface area (Å²) in [5.74, 6) is 5.14. The largest absolute Gasteiger partial charge is 0.384 e. The van der Waals surface area contributed by atoms with Crippen molar-refractivity contribution in [2.24, 2.45) is 0 Å². The molecule has 1 amide bonds. The van der Waals surface area contributed by atoms with Crippen molar-refractivity contribution in [3.05, 3.63) is 28.8 Å². The smallest absolute Gasteiger partial charge is 0.256 e. The molecule has 0 aliphatic carbocycles. The highest BCUT2D eigenvalue weighted by atomic mass is 35.5. The van der Waals surface area contributed by atoms with E-state index in [-0.39, 0.29) is 12.5 Å². The van der Waals surface area contributed by atoms with Gasteiger partial charge in [-0.3, -0.25) is 4.79 Å². The van der Waals surface area contributed by atoms with Gasteiger partial charge in [-0.15, -0.1) is 0 Å². The predicted molar refractivity (Wildman–Crippen MR) is 77.6 cm³/mol. The molecule has 0 aromatic heterocycles. The Bertz CT molecular complexity index is 568. The van der Waals surface area contributed by atoms with Crippen LogP contribution in [0.5, 0.6) is 0 Å². The highest BCUT2D eigenvalue weighted by Gasteiger charge is 2.37. The van der Waals surface area contributed by atoms with Crippen LogP contribution in [0.2, 0.25) is 5.02 Å². The number of anilines is 1. The molecule has 0 saturated carbocycles. The third-order valence-electron chi connectivity index (χ3n) is 3.23. The fourth-order valence-corrected chi connectivity index (χ4v) is 2.25. The minimum absolute atomic E-state index is 0.204. The van der Waals surface area contributed by atoms with Gasteiger partial charge in [-0.1, -0.05) is 23.4 Å². The monoisotopic (exact) mass is 293 g/mol. The second-order valence-corrected chi connectivity index (χ2v) is 5.22. The lowest BCUT2D eigenvalue weighted by molar-refractivity contribution is -0.133. The molecule has 2 rings (SSSR count). The molecule has 4 nitrogen and oxygen atoms in total. The van der Waals surface area contributed by atoms with Crippen LogP contribution in [0.15, 0.2) is 18.2 Å². The summed E-state index contributed by atoms with van der Waals surface area (Å²) in [6.07, 6.45) is 1.56. The summed E-state index contributed by atoms with van der Waals surface area (Å²) >= 11 is 5.95. The topological polar surface area (TPSA) is 58.6 Å². The van der Waals surface area contributed by atoms with Crippen LogP contribution in [0.3, 0.4) is 0 Å². The van der Waals surface area contributed by atoms with E-state index in [9.17, 15) is 4.79 Å². The number of halogens is 1. The lowest BCUT2D eigenvalue weighted by atomic mass is 10.0. The van der Waals surface area contributed by atoms with Crippen molar-refractivity contribution in [2.75, 3.05) is 18.5 Å². The third kappa shape index (κ3) is 3.31. The van der Waals surface area contributed by atoms with E-state index in [2.05, 4.69) is 17.2 Å². The summed E-state index contributed by atoms with van der Waals surface area (Å²) < 4.78 is 5.50. The van der Waals surface area contributed by atoms with Crippen molar-refractivity contribution in [2.45, 2.75) is 25.4 Å². The number of aliphatic hydroxyl groups excluding tert-OH is 1. The number of carbonyl (C=O) groups is 1. The molecular weight excluding hydrogens is 278 g/mol. The maximum atomic E-state index is 12.3. The molecule has 1 atom stereocenters. The first-order chi connectivity index (χ1) is 9.55. The molecule has 1 fully saturated rings. The summed E-state index contributed by atoms with van der Waals surface area (Å²) in [7, 11) is 0. The maximum absolute atomic E-state index is 12.3. The van der Waals surface area contributed by atoms with E-state index in [0.717, 1.165) is 6.42 Å². The normalized spacial score (nSPS) is 21.1. The van der Waals surface area contributed by atoms with Crippen molar-refractivity contribution in [3.8, 4) is 11.8 Å². The molecule has 1 unspecified atom stereocenters. The van der Waals surface area contributed by atoms with Gasteiger partial charge in [0.25, 0.3) is 5.91 Å². The molecule has 0 spiro atoms. The van der Waals surface area contributed by atoms with Crippen LogP contribution < -0.4 is 5.32 Å². The standard InChI is InChI=1S/C15H16ClNO3/c1-15(7-3-9-20-15)14(19)17-13-10-12(16)6-5-11(13)4-2-8-18/h5-6,10,18H,3,7-9H2,1H3,(H,17,19). The van der Waals surface area contributed by atoms with Gasteiger partial charge in [0.15, 0.2) is 0 Å². The van der Waals surface area contributed by atoms with E-state index in [0.29, 0.717) is 29.3 Å². The molecule has 20 heavy (non-hydrogen) atoms. The van der Waals surface area contributed by atoms with Crippen LogP contribution >= 0.6 is 11.6 Å². The molecule has 1 aliphatic heterocycles. The molecule has 1 heterocycles. The molecule has 0 radical (unpaired) electrons. The van der Waals surface area contributed by atoms with Gasteiger partial charge in [-0.2, -0.15) is 0 Å². The number of benzene rings is 1. The van der Waals surface area contributed by atoms with E-state index in [4.69, 9.17) is 21.4 Å². The highest BCUT2D eigenvalue weighted by molar-refractivity contribution is 6.31. The van der Waals surface area contributed by atoms with Gasteiger partial charge in [0, 0.05) is 17.2 Å². The van der Waals surface area contributed by atoms with Crippen LogP contribution in [0.4, 0.5) is 5.69 Å². The quantitative estimate of drug-likeness (QED) is 0.822. The summed E-state index contributed by atoms with van der Waals surface area (Å²) in [6, 6.07) is 5.03. The van der Waals surface area contributed by atoms with Crippen LogP contribution in [0.1, 0.15) is 25.3 Å². The maximum Gasteiger partial charge on any atom is 0.256 e. The van der Waals surface area contributed by atoms with Crippen LogP contribution in [0, 0.1) is 11.8 Å². The molecule has 1 saturated heterocycles. The molecule has 106 valence electrons. The summed E-state index contributed by atoms with van der Waals surface area (Å²) in [5.41, 5.74) is 0.336. The van der Waals surface area contributed by atoms with Crippen LogP contribution in [0.25, 0.3) is 0 Å². The van der Waals surface area contributed by atoms with E-state index in [1.165, 1.54) is 0 Å². The van der Waals surface area contributed by atoms with Gasteiger partial charge >= 0.3 is 0 Å². The lowest BCUT2D eigenvalue weighted by Gasteiger charge is -2.22. The lowest BCUT2D eigenvalue weighted by Crippen LogP contribution is -2.39. The highest BCUT2D eigenvalue weighted by Crippen LogP contribution is 2.28. The number of carbonyl (C=O) groups excluding carboxylic acids is 1.